The standard InChI is InChI=1S/C15H23NO2/c1-11-4-5-12(2)13(8-11)14(3,17)15(9-16)6-7-18-10-15/h4-5,8,17H,6-7,9-10,16H2,1-3H3. The van der Waals surface area contributed by atoms with Crippen molar-refractivity contribution in [2.75, 3.05) is 19.8 Å². The van der Waals surface area contributed by atoms with Crippen LogP contribution in [0.5, 0.6) is 0 Å². The number of benzene rings is 1. The van der Waals surface area contributed by atoms with Crippen molar-refractivity contribution < 1.29 is 9.84 Å². The van der Waals surface area contributed by atoms with Gasteiger partial charge in [-0.1, -0.05) is 23.8 Å². The molecule has 0 aromatic heterocycles. The van der Waals surface area contributed by atoms with E-state index in [4.69, 9.17) is 10.5 Å². The molecule has 0 amide bonds. The molecule has 1 heterocycles. The van der Waals surface area contributed by atoms with Crippen molar-refractivity contribution in [3.05, 3.63) is 34.9 Å². The number of ether oxygens (including phenoxy) is 1. The Kier molecular flexibility index (Phi) is 3.49. The Balaban J connectivity index is 2.49. The van der Waals surface area contributed by atoms with Crippen LogP contribution in [0.3, 0.4) is 0 Å². The lowest BCUT2D eigenvalue weighted by molar-refractivity contribution is -0.0751. The number of rotatable bonds is 3. The summed E-state index contributed by atoms with van der Waals surface area (Å²) in [5.41, 5.74) is 7.85. The van der Waals surface area contributed by atoms with Gasteiger partial charge in [-0.2, -0.15) is 0 Å². The lowest BCUT2D eigenvalue weighted by atomic mass is 9.67. The zero-order chi connectivity index (χ0) is 13.4. The Labute approximate surface area is 109 Å². The summed E-state index contributed by atoms with van der Waals surface area (Å²) in [4.78, 5) is 0. The first-order chi connectivity index (χ1) is 8.43. The molecule has 0 saturated carbocycles. The van der Waals surface area contributed by atoms with Crippen LogP contribution in [-0.2, 0) is 10.3 Å². The van der Waals surface area contributed by atoms with Crippen molar-refractivity contribution in [3.8, 4) is 0 Å². The van der Waals surface area contributed by atoms with Crippen LogP contribution >= 0.6 is 0 Å². The van der Waals surface area contributed by atoms with Crippen LogP contribution in [0.2, 0.25) is 0 Å². The third kappa shape index (κ3) is 1.96. The Morgan fingerprint density at radius 1 is 1.44 bits per heavy atom. The van der Waals surface area contributed by atoms with Crippen LogP contribution in [0.25, 0.3) is 0 Å². The quantitative estimate of drug-likeness (QED) is 0.860. The topological polar surface area (TPSA) is 55.5 Å². The zero-order valence-corrected chi connectivity index (χ0v) is 11.5. The Bertz CT molecular complexity index is 434. The molecule has 2 unspecified atom stereocenters. The van der Waals surface area contributed by atoms with Crippen LogP contribution in [0.15, 0.2) is 18.2 Å². The maximum Gasteiger partial charge on any atom is 0.0962 e. The zero-order valence-electron chi connectivity index (χ0n) is 11.5. The van der Waals surface area contributed by atoms with Crippen molar-refractivity contribution in [3.63, 3.8) is 0 Å². The van der Waals surface area contributed by atoms with E-state index in [1.54, 1.807) is 0 Å². The number of aryl methyl sites for hydroxylation is 2. The summed E-state index contributed by atoms with van der Waals surface area (Å²) in [6.45, 7) is 7.59. The lowest BCUT2D eigenvalue weighted by Gasteiger charge is -2.42. The van der Waals surface area contributed by atoms with Gasteiger partial charge in [0.05, 0.1) is 12.2 Å². The highest BCUT2D eigenvalue weighted by molar-refractivity contribution is 5.36. The van der Waals surface area contributed by atoms with Crippen LogP contribution < -0.4 is 5.73 Å². The highest BCUT2D eigenvalue weighted by Gasteiger charge is 2.50. The van der Waals surface area contributed by atoms with Crippen molar-refractivity contribution >= 4 is 0 Å². The monoisotopic (exact) mass is 249 g/mol. The number of aliphatic hydroxyl groups is 1. The number of nitrogens with two attached hydrogens (primary N) is 1. The summed E-state index contributed by atoms with van der Waals surface area (Å²) in [5.74, 6) is 0. The Morgan fingerprint density at radius 3 is 2.72 bits per heavy atom. The molecule has 2 atom stereocenters. The molecule has 0 radical (unpaired) electrons. The van der Waals surface area contributed by atoms with Crippen LogP contribution in [0.4, 0.5) is 0 Å². The molecular weight excluding hydrogens is 226 g/mol. The van der Waals surface area contributed by atoms with Gasteiger partial charge >= 0.3 is 0 Å². The average Bonchev–Trinajstić information content (AvgIpc) is 2.82. The molecule has 3 heteroatoms. The minimum absolute atomic E-state index is 0.369. The maximum atomic E-state index is 11.1. The second-order valence-corrected chi connectivity index (χ2v) is 5.68. The first-order valence-electron chi connectivity index (χ1n) is 6.51. The molecule has 18 heavy (non-hydrogen) atoms. The van der Waals surface area contributed by atoms with Gasteiger partial charge in [-0.3, -0.25) is 0 Å². The normalized spacial score (nSPS) is 27.2. The largest absolute Gasteiger partial charge is 0.385 e. The van der Waals surface area contributed by atoms with E-state index in [9.17, 15) is 5.11 Å². The molecule has 2 rings (SSSR count). The van der Waals surface area contributed by atoms with Crippen LogP contribution in [0.1, 0.15) is 30.0 Å². The Hall–Kier alpha value is -0.900. The summed E-state index contributed by atoms with van der Waals surface area (Å²) < 4.78 is 5.49. The molecule has 1 saturated heterocycles. The highest BCUT2D eigenvalue weighted by atomic mass is 16.5. The predicted molar refractivity (Wildman–Crippen MR) is 72.4 cm³/mol. The molecule has 1 aliphatic heterocycles. The maximum absolute atomic E-state index is 11.1. The lowest BCUT2D eigenvalue weighted by Crippen LogP contribution is -2.49. The first-order valence-corrected chi connectivity index (χ1v) is 6.51. The molecule has 100 valence electrons. The van der Waals surface area contributed by atoms with Gasteiger partial charge in [0.25, 0.3) is 0 Å². The summed E-state index contributed by atoms with van der Waals surface area (Å²) in [6, 6.07) is 6.18. The molecule has 0 bridgehead atoms. The van der Waals surface area contributed by atoms with Crippen molar-refractivity contribution in [2.24, 2.45) is 11.1 Å². The molecule has 0 aliphatic carbocycles. The van der Waals surface area contributed by atoms with Crippen molar-refractivity contribution in [1.82, 2.24) is 0 Å². The summed E-state index contributed by atoms with van der Waals surface area (Å²) >= 11 is 0. The van der Waals surface area contributed by atoms with Gasteiger partial charge < -0.3 is 15.6 Å². The fraction of sp³-hybridized carbons (Fsp3) is 0.600. The molecule has 1 aliphatic rings. The van der Waals surface area contributed by atoms with Gasteiger partial charge in [-0.05, 0) is 38.3 Å². The fourth-order valence-electron chi connectivity index (χ4n) is 2.90. The van der Waals surface area contributed by atoms with Crippen molar-refractivity contribution in [1.29, 1.82) is 0 Å². The van der Waals surface area contributed by atoms with Gasteiger partial charge in [0.1, 0.15) is 0 Å². The highest BCUT2D eigenvalue weighted by Crippen LogP contribution is 2.46. The molecule has 3 nitrogen and oxygen atoms in total. The SMILES string of the molecule is Cc1ccc(C)c(C(C)(O)C2(CN)CCOC2)c1. The van der Waals surface area contributed by atoms with Crippen LogP contribution in [-0.4, -0.2) is 24.9 Å². The average molecular weight is 249 g/mol. The van der Waals surface area contributed by atoms with Gasteiger partial charge in [0.15, 0.2) is 0 Å². The molecule has 1 aromatic rings. The Morgan fingerprint density at radius 2 is 2.17 bits per heavy atom. The van der Waals surface area contributed by atoms with Crippen molar-refractivity contribution in [2.45, 2.75) is 32.8 Å². The van der Waals surface area contributed by atoms with E-state index in [2.05, 4.69) is 18.2 Å². The minimum atomic E-state index is -0.950. The van der Waals surface area contributed by atoms with Gasteiger partial charge in [0, 0.05) is 18.6 Å². The third-order valence-electron chi connectivity index (χ3n) is 4.44. The minimum Gasteiger partial charge on any atom is -0.385 e. The van der Waals surface area contributed by atoms with Crippen LogP contribution in [0, 0.1) is 19.3 Å². The smallest absolute Gasteiger partial charge is 0.0962 e. The fourth-order valence-corrected chi connectivity index (χ4v) is 2.90. The van der Waals surface area contributed by atoms with E-state index < -0.39 is 5.60 Å². The van der Waals surface area contributed by atoms with E-state index in [0.29, 0.717) is 19.8 Å². The molecule has 1 fully saturated rings. The summed E-state index contributed by atoms with van der Waals surface area (Å²) in [6.07, 6.45) is 0.809. The molecule has 1 aromatic carbocycles. The van der Waals surface area contributed by atoms with E-state index in [0.717, 1.165) is 23.1 Å². The van der Waals surface area contributed by atoms with Gasteiger partial charge in [-0.25, -0.2) is 0 Å². The number of hydrogen-bond donors (Lipinski definition) is 2. The van der Waals surface area contributed by atoms with Gasteiger partial charge in [-0.15, -0.1) is 0 Å². The third-order valence-corrected chi connectivity index (χ3v) is 4.44. The van der Waals surface area contributed by atoms with E-state index >= 15 is 0 Å². The van der Waals surface area contributed by atoms with E-state index in [-0.39, 0.29) is 5.41 Å². The summed E-state index contributed by atoms with van der Waals surface area (Å²) in [7, 11) is 0. The second kappa shape index (κ2) is 4.65. The first kappa shape index (κ1) is 13.5. The molecular formula is C15H23NO2. The molecule has 3 N–H and O–H groups in total. The van der Waals surface area contributed by atoms with Gasteiger partial charge in [0.2, 0.25) is 0 Å². The van der Waals surface area contributed by atoms with E-state index in [1.807, 2.05) is 20.8 Å². The number of hydrogen-bond acceptors (Lipinski definition) is 3. The van der Waals surface area contributed by atoms with E-state index in [1.165, 1.54) is 0 Å². The second-order valence-electron chi connectivity index (χ2n) is 5.68. The summed E-state index contributed by atoms with van der Waals surface area (Å²) in [5, 5.41) is 11.1. The molecule has 0 spiro atoms. The predicted octanol–water partition coefficient (Wildman–Crippen LogP) is 1.88.